The summed E-state index contributed by atoms with van der Waals surface area (Å²) < 4.78 is 7.59. The van der Waals surface area contributed by atoms with Crippen LogP contribution < -0.4 is 15.6 Å². The highest BCUT2D eigenvalue weighted by molar-refractivity contribution is 5.95. The van der Waals surface area contributed by atoms with Gasteiger partial charge in [-0.1, -0.05) is 0 Å². The number of hydrogen-bond donors (Lipinski definition) is 1. The summed E-state index contributed by atoms with van der Waals surface area (Å²) in [6.45, 7) is 1.51. The van der Waals surface area contributed by atoms with Crippen LogP contribution >= 0.6 is 0 Å². The van der Waals surface area contributed by atoms with Gasteiger partial charge in [0.05, 0.1) is 23.8 Å². The second-order valence-corrected chi connectivity index (χ2v) is 5.73. The molecule has 0 spiro atoms. The summed E-state index contributed by atoms with van der Waals surface area (Å²) in [7, 11) is 1.33. The Morgan fingerprint density at radius 3 is 2.75 bits per heavy atom. The van der Waals surface area contributed by atoms with Crippen LogP contribution in [0.2, 0.25) is 0 Å². The molecule has 0 aliphatic rings. The standard InChI is InChI=1S/C17H16N6O5/c1-11(22-16(24)7-6-15(20-22)21-9-3-8-18-21)17(25)19-13-5-4-12(23(26)27)10-14(13)28-2/h3-11H,1-2H3,(H,19,25). The molecule has 2 heterocycles. The number of nitrogens with one attached hydrogen (secondary N) is 1. The van der Waals surface area contributed by atoms with Crippen molar-refractivity contribution in [3.8, 4) is 11.6 Å². The van der Waals surface area contributed by atoms with Gasteiger partial charge in [0.1, 0.15) is 11.8 Å². The van der Waals surface area contributed by atoms with Gasteiger partial charge in [0, 0.05) is 24.5 Å². The van der Waals surface area contributed by atoms with Gasteiger partial charge in [-0.2, -0.15) is 5.10 Å². The molecule has 11 heteroatoms. The third-order valence-corrected chi connectivity index (χ3v) is 3.95. The first-order valence-corrected chi connectivity index (χ1v) is 8.14. The van der Waals surface area contributed by atoms with Gasteiger partial charge in [0.15, 0.2) is 5.82 Å². The molecule has 28 heavy (non-hydrogen) atoms. The number of ether oxygens (including phenoxy) is 1. The maximum absolute atomic E-state index is 12.6. The molecule has 1 aromatic carbocycles. The van der Waals surface area contributed by atoms with Crippen molar-refractivity contribution in [2.45, 2.75) is 13.0 Å². The molecule has 144 valence electrons. The summed E-state index contributed by atoms with van der Waals surface area (Å²) in [5.41, 5.74) is -0.400. The smallest absolute Gasteiger partial charge is 0.273 e. The Hall–Kier alpha value is -4.02. The summed E-state index contributed by atoms with van der Waals surface area (Å²) in [4.78, 5) is 35.1. The Morgan fingerprint density at radius 1 is 1.32 bits per heavy atom. The van der Waals surface area contributed by atoms with Gasteiger partial charge < -0.3 is 10.1 Å². The minimum atomic E-state index is -0.956. The molecule has 1 N–H and O–H groups in total. The zero-order valence-electron chi connectivity index (χ0n) is 15.0. The highest BCUT2D eigenvalue weighted by Gasteiger charge is 2.20. The van der Waals surface area contributed by atoms with Crippen LogP contribution in [0.15, 0.2) is 53.6 Å². The molecule has 0 fully saturated rings. The van der Waals surface area contributed by atoms with Crippen molar-refractivity contribution >= 4 is 17.3 Å². The van der Waals surface area contributed by atoms with Crippen molar-refractivity contribution in [3.63, 3.8) is 0 Å². The predicted octanol–water partition coefficient (Wildman–Crippen LogP) is 1.55. The van der Waals surface area contributed by atoms with Gasteiger partial charge in [-0.25, -0.2) is 9.36 Å². The second kappa shape index (κ2) is 7.70. The number of anilines is 1. The lowest BCUT2D eigenvalue weighted by atomic mass is 10.2. The van der Waals surface area contributed by atoms with Gasteiger partial charge in [0.2, 0.25) is 5.91 Å². The second-order valence-electron chi connectivity index (χ2n) is 5.73. The minimum absolute atomic E-state index is 0.125. The average Bonchev–Trinajstić information content (AvgIpc) is 3.22. The maximum atomic E-state index is 12.6. The largest absolute Gasteiger partial charge is 0.494 e. The lowest BCUT2D eigenvalue weighted by Crippen LogP contribution is -2.33. The van der Waals surface area contributed by atoms with Crippen LogP contribution in [-0.4, -0.2) is 37.5 Å². The van der Waals surface area contributed by atoms with Crippen molar-refractivity contribution in [2.24, 2.45) is 0 Å². The van der Waals surface area contributed by atoms with Crippen LogP contribution in [0.1, 0.15) is 13.0 Å². The number of amides is 1. The SMILES string of the molecule is COc1cc([N+](=O)[O-])ccc1NC(=O)C(C)n1nc(-n2cccn2)ccc1=O. The molecule has 2 aromatic heterocycles. The van der Waals surface area contributed by atoms with Crippen LogP contribution in [0.3, 0.4) is 0 Å². The van der Waals surface area contributed by atoms with E-state index in [-0.39, 0.29) is 17.1 Å². The van der Waals surface area contributed by atoms with Crippen LogP contribution in [0, 0.1) is 10.1 Å². The number of carbonyl (C=O) groups excluding carboxylic acids is 1. The number of methoxy groups -OCH3 is 1. The van der Waals surface area contributed by atoms with Crippen molar-refractivity contribution in [1.82, 2.24) is 19.6 Å². The highest BCUT2D eigenvalue weighted by Crippen LogP contribution is 2.29. The Bertz CT molecular complexity index is 1080. The molecule has 3 rings (SSSR count). The van der Waals surface area contributed by atoms with Crippen molar-refractivity contribution in [3.05, 3.63) is 69.3 Å². The van der Waals surface area contributed by atoms with E-state index in [1.165, 1.54) is 49.0 Å². The van der Waals surface area contributed by atoms with Crippen molar-refractivity contribution in [2.75, 3.05) is 12.4 Å². The van der Waals surface area contributed by atoms with Crippen LogP contribution in [0.4, 0.5) is 11.4 Å². The van der Waals surface area contributed by atoms with Gasteiger partial charge in [-0.05, 0) is 25.1 Å². The molecule has 1 amide bonds. The number of carbonyl (C=O) groups is 1. The summed E-state index contributed by atoms with van der Waals surface area (Å²) >= 11 is 0. The van der Waals surface area contributed by atoms with Crippen LogP contribution in [0.25, 0.3) is 5.82 Å². The molecule has 1 unspecified atom stereocenters. The fourth-order valence-corrected chi connectivity index (χ4v) is 2.46. The molecule has 1 atom stereocenters. The Labute approximate surface area is 158 Å². The van der Waals surface area contributed by atoms with Crippen LogP contribution in [-0.2, 0) is 4.79 Å². The number of nitro benzene ring substituents is 1. The molecule has 0 aliphatic carbocycles. The summed E-state index contributed by atoms with van der Waals surface area (Å²) in [5, 5.41) is 21.7. The maximum Gasteiger partial charge on any atom is 0.273 e. The zero-order chi connectivity index (χ0) is 20.3. The number of nitrogens with zero attached hydrogens (tertiary/aromatic N) is 5. The quantitative estimate of drug-likeness (QED) is 0.503. The number of hydrogen-bond acceptors (Lipinski definition) is 7. The van der Waals surface area contributed by atoms with E-state index in [4.69, 9.17) is 4.74 Å². The monoisotopic (exact) mass is 384 g/mol. The fraction of sp³-hybridized carbons (Fsp3) is 0.176. The molecule has 3 aromatic rings. The van der Waals surface area contributed by atoms with Crippen LogP contribution in [0.5, 0.6) is 5.75 Å². The number of benzene rings is 1. The molecular weight excluding hydrogens is 368 g/mol. The molecule has 0 aliphatic heterocycles. The van der Waals surface area contributed by atoms with Crippen molar-refractivity contribution in [1.29, 1.82) is 0 Å². The van der Waals surface area contributed by atoms with E-state index in [2.05, 4.69) is 15.5 Å². The molecular formula is C17H16N6O5. The lowest BCUT2D eigenvalue weighted by molar-refractivity contribution is -0.384. The summed E-state index contributed by atoms with van der Waals surface area (Å²) in [5.74, 6) is -0.0446. The van der Waals surface area contributed by atoms with E-state index in [0.717, 1.165) is 4.68 Å². The molecule has 11 nitrogen and oxygen atoms in total. The molecule has 0 saturated heterocycles. The summed E-state index contributed by atoms with van der Waals surface area (Å²) in [6.07, 6.45) is 3.22. The number of rotatable bonds is 6. The van der Waals surface area contributed by atoms with E-state index in [0.29, 0.717) is 5.82 Å². The molecule has 0 bridgehead atoms. The van der Waals surface area contributed by atoms with E-state index < -0.39 is 22.4 Å². The number of non-ortho nitro benzene ring substituents is 1. The predicted molar refractivity (Wildman–Crippen MR) is 98.6 cm³/mol. The molecule has 0 saturated carbocycles. The Kier molecular flexibility index (Phi) is 5.16. The van der Waals surface area contributed by atoms with E-state index in [1.807, 2.05) is 0 Å². The highest BCUT2D eigenvalue weighted by atomic mass is 16.6. The van der Waals surface area contributed by atoms with Gasteiger partial charge in [0.25, 0.3) is 11.2 Å². The first kappa shape index (κ1) is 18.8. The third-order valence-electron chi connectivity index (χ3n) is 3.95. The van der Waals surface area contributed by atoms with Gasteiger partial charge >= 0.3 is 0 Å². The number of nitro groups is 1. The van der Waals surface area contributed by atoms with E-state index in [1.54, 1.807) is 18.5 Å². The minimum Gasteiger partial charge on any atom is -0.494 e. The van der Waals surface area contributed by atoms with Crippen molar-refractivity contribution < 1.29 is 14.5 Å². The zero-order valence-corrected chi connectivity index (χ0v) is 15.0. The van der Waals surface area contributed by atoms with Gasteiger partial charge in [-0.3, -0.25) is 19.7 Å². The topological polar surface area (TPSA) is 134 Å². The third kappa shape index (κ3) is 3.72. The van der Waals surface area contributed by atoms with E-state index >= 15 is 0 Å². The Morgan fingerprint density at radius 2 is 2.11 bits per heavy atom. The fourth-order valence-electron chi connectivity index (χ4n) is 2.46. The first-order chi connectivity index (χ1) is 13.4. The number of aromatic nitrogens is 4. The van der Waals surface area contributed by atoms with E-state index in [9.17, 15) is 19.7 Å². The van der Waals surface area contributed by atoms with Gasteiger partial charge in [-0.15, -0.1) is 5.10 Å². The Balaban J connectivity index is 1.87. The molecule has 0 radical (unpaired) electrons. The normalized spacial score (nSPS) is 11.6. The average molecular weight is 384 g/mol. The lowest BCUT2D eigenvalue weighted by Gasteiger charge is -2.16. The summed E-state index contributed by atoms with van der Waals surface area (Å²) in [6, 6.07) is 7.33. The first-order valence-electron chi connectivity index (χ1n) is 8.14.